The number of carboxylic acids is 1. The van der Waals surface area contributed by atoms with Crippen LogP contribution in [0.4, 0.5) is 0 Å². The van der Waals surface area contributed by atoms with Gasteiger partial charge in [0.15, 0.2) is 5.78 Å². The number of furan rings is 1. The SMILES string of the molecule is CCC(=O)c1ccc(OCc2ccoc2C(=O)O)cc1. The molecule has 0 bridgehead atoms. The highest BCUT2D eigenvalue weighted by Gasteiger charge is 2.14. The fraction of sp³-hybridized carbons (Fsp3) is 0.200. The first-order valence-electron chi connectivity index (χ1n) is 6.17. The summed E-state index contributed by atoms with van der Waals surface area (Å²) >= 11 is 0. The molecule has 0 unspecified atom stereocenters. The molecule has 0 atom stereocenters. The number of carbonyl (C=O) groups is 2. The Bertz CT molecular complexity index is 609. The maximum absolute atomic E-state index is 11.5. The molecule has 0 aliphatic rings. The Kier molecular flexibility index (Phi) is 4.20. The number of hydrogen-bond donors (Lipinski definition) is 1. The van der Waals surface area contributed by atoms with Gasteiger partial charge in [0.05, 0.1) is 6.26 Å². The van der Waals surface area contributed by atoms with E-state index in [2.05, 4.69) is 0 Å². The van der Waals surface area contributed by atoms with Crippen molar-refractivity contribution in [1.29, 1.82) is 0 Å². The lowest BCUT2D eigenvalue weighted by Crippen LogP contribution is -2.03. The Balaban J connectivity index is 2.02. The predicted octanol–water partition coefficient (Wildman–Crippen LogP) is 3.15. The van der Waals surface area contributed by atoms with E-state index in [4.69, 9.17) is 14.3 Å². The van der Waals surface area contributed by atoms with Gasteiger partial charge in [0.1, 0.15) is 12.4 Å². The van der Waals surface area contributed by atoms with Crippen LogP contribution in [0, 0.1) is 0 Å². The molecule has 0 saturated carbocycles. The van der Waals surface area contributed by atoms with Crippen molar-refractivity contribution in [2.24, 2.45) is 0 Å². The third-order valence-corrected chi connectivity index (χ3v) is 2.83. The minimum atomic E-state index is -1.13. The summed E-state index contributed by atoms with van der Waals surface area (Å²) in [7, 11) is 0. The number of carboxylic acid groups (broad SMARTS) is 1. The molecule has 1 aromatic heterocycles. The zero-order valence-electron chi connectivity index (χ0n) is 11.0. The number of Topliss-reactive ketones (excluding diaryl/α,β-unsaturated/α-hetero) is 1. The van der Waals surface area contributed by atoms with Crippen LogP contribution in [0.15, 0.2) is 41.0 Å². The lowest BCUT2D eigenvalue weighted by molar-refractivity contribution is 0.0658. The van der Waals surface area contributed by atoms with E-state index in [0.717, 1.165) is 0 Å². The summed E-state index contributed by atoms with van der Waals surface area (Å²) in [5, 5.41) is 8.89. The number of benzene rings is 1. The van der Waals surface area contributed by atoms with E-state index in [-0.39, 0.29) is 18.2 Å². The zero-order chi connectivity index (χ0) is 14.5. The third-order valence-electron chi connectivity index (χ3n) is 2.83. The quantitative estimate of drug-likeness (QED) is 0.819. The van der Waals surface area contributed by atoms with Crippen LogP contribution in [0.2, 0.25) is 0 Å². The van der Waals surface area contributed by atoms with Crippen LogP contribution in [0.5, 0.6) is 5.75 Å². The van der Waals surface area contributed by atoms with Gasteiger partial charge >= 0.3 is 5.97 Å². The number of rotatable bonds is 6. The highest BCUT2D eigenvalue weighted by atomic mass is 16.5. The molecule has 2 aromatic rings. The highest BCUT2D eigenvalue weighted by Crippen LogP contribution is 2.17. The van der Waals surface area contributed by atoms with Crippen LogP contribution in [-0.4, -0.2) is 16.9 Å². The molecular weight excluding hydrogens is 260 g/mol. The van der Waals surface area contributed by atoms with Crippen molar-refractivity contribution in [3.8, 4) is 5.75 Å². The summed E-state index contributed by atoms with van der Waals surface area (Å²) < 4.78 is 10.3. The molecule has 5 heteroatoms. The zero-order valence-corrected chi connectivity index (χ0v) is 11.0. The largest absolute Gasteiger partial charge is 0.489 e. The van der Waals surface area contributed by atoms with Crippen molar-refractivity contribution in [2.75, 3.05) is 0 Å². The van der Waals surface area contributed by atoms with Crippen molar-refractivity contribution in [2.45, 2.75) is 20.0 Å². The molecule has 1 aromatic carbocycles. The number of aromatic carboxylic acids is 1. The maximum Gasteiger partial charge on any atom is 0.372 e. The first-order valence-corrected chi connectivity index (χ1v) is 6.17. The van der Waals surface area contributed by atoms with Crippen LogP contribution in [0.25, 0.3) is 0 Å². The molecule has 0 aliphatic heterocycles. The van der Waals surface area contributed by atoms with Crippen molar-refractivity contribution in [1.82, 2.24) is 0 Å². The van der Waals surface area contributed by atoms with E-state index in [1.165, 1.54) is 6.26 Å². The average molecular weight is 274 g/mol. The van der Waals surface area contributed by atoms with E-state index in [1.807, 2.05) is 0 Å². The van der Waals surface area contributed by atoms with Gasteiger partial charge in [-0.3, -0.25) is 4.79 Å². The molecule has 0 amide bonds. The molecule has 0 radical (unpaired) electrons. The van der Waals surface area contributed by atoms with Crippen molar-refractivity contribution < 1.29 is 23.8 Å². The fourth-order valence-electron chi connectivity index (χ4n) is 1.74. The second kappa shape index (κ2) is 6.06. The van der Waals surface area contributed by atoms with Gasteiger partial charge in [0.25, 0.3) is 0 Å². The van der Waals surface area contributed by atoms with E-state index in [0.29, 0.717) is 23.3 Å². The Morgan fingerprint density at radius 1 is 1.20 bits per heavy atom. The van der Waals surface area contributed by atoms with E-state index < -0.39 is 5.97 Å². The fourth-order valence-corrected chi connectivity index (χ4v) is 1.74. The van der Waals surface area contributed by atoms with Gasteiger partial charge in [-0.25, -0.2) is 4.79 Å². The van der Waals surface area contributed by atoms with E-state index in [9.17, 15) is 9.59 Å². The molecule has 0 spiro atoms. The third kappa shape index (κ3) is 3.06. The molecular formula is C15H14O5. The van der Waals surface area contributed by atoms with Crippen LogP contribution in [0.3, 0.4) is 0 Å². The molecule has 0 aliphatic carbocycles. The van der Waals surface area contributed by atoms with Crippen LogP contribution in [0.1, 0.15) is 39.8 Å². The number of hydrogen-bond acceptors (Lipinski definition) is 4. The van der Waals surface area contributed by atoms with E-state index in [1.54, 1.807) is 37.3 Å². The Morgan fingerprint density at radius 3 is 2.50 bits per heavy atom. The average Bonchev–Trinajstić information content (AvgIpc) is 2.93. The summed E-state index contributed by atoms with van der Waals surface area (Å²) in [5.41, 5.74) is 1.10. The molecule has 104 valence electrons. The first kappa shape index (κ1) is 13.9. The minimum Gasteiger partial charge on any atom is -0.489 e. The van der Waals surface area contributed by atoms with Gasteiger partial charge in [-0.15, -0.1) is 0 Å². The standard InChI is InChI=1S/C15H14O5/c1-2-13(16)10-3-5-12(6-4-10)20-9-11-7-8-19-14(11)15(17)18/h3-8H,2,9H2,1H3,(H,17,18). The second-order valence-electron chi connectivity index (χ2n) is 4.17. The Hall–Kier alpha value is -2.56. The number of carbonyl (C=O) groups excluding carboxylic acids is 1. The number of ketones is 1. The maximum atomic E-state index is 11.5. The molecule has 20 heavy (non-hydrogen) atoms. The molecule has 5 nitrogen and oxygen atoms in total. The van der Waals surface area contributed by atoms with Gasteiger partial charge in [0, 0.05) is 17.5 Å². The molecule has 0 fully saturated rings. The van der Waals surface area contributed by atoms with Crippen LogP contribution >= 0.6 is 0 Å². The first-order chi connectivity index (χ1) is 9.61. The summed E-state index contributed by atoms with van der Waals surface area (Å²) in [4.78, 5) is 22.3. The van der Waals surface area contributed by atoms with Crippen LogP contribution in [-0.2, 0) is 6.61 Å². The Morgan fingerprint density at radius 2 is 1.90 bits per heavy atom. The molecule has 2 rings (SSSR count). The normalized spacial score (nSPS) is 10.2. The summed E-state index contributed by atoms with van der Waals surface area (Å²) in [6.45, 7) is 1.90. The van der Waals surface area contributed by atoms with Crippen molar-refractivity contribution >= 4 is 11.8 Å². The molecule has 1 heterocycles. The summed E-state index contributed by atoms with van der Waals surface area (Å²) in [6.07, 6.45) is 1.77. The van der Waals surface area contributed by atoms with Crippen molar-refractivity contribution in [3.63, 3.8) is 0 Å². The predicted molar refractivity (Wildman–Crippen MR) is 71.1 cm³/mol. The van der Waals surface area contributed by atoms with Gasteiger partial charge in [-0.05, 0) is 30.3 Å². The molecule has 1 N–H and O–H groups in total. The monoisotopic (exact) mass is 274 g/mol. The summed E-state index contributed by atoms with van der Waals surface area (Å²) in [6, 6.07) is 8.30. The minimum absolute atomic E-state index is 0.0690. The smallest absolute Gasteiger partial charge is 0.372 e. The second-order valence-corrected chi connectivity index (χ2v) is 4.17. The van der Waals surface area contributed by atoms with Gasteiger partial charge in [-0.2, -0.15) is 0 Å². The van der Waals surface area contributed by atoms with Gasteiger partial charge < -0.3 is 14.3 Å². The lowest BCUT2D eigenvalue weighted by atomic mass is 10.1. The Labute approximate surface area is 115 Å². The van der Waals surface area contributed by atoms with Gasteiger partial charge in [-0.1, -0.05) is 6.92 Å². The number of ether oxygens (including phenoxy) is 1. The molecule has 0 saturated heterocycles. The topological polar surface area (TPSA) is 76.7 Å². The van der Waals surface area contributed by atoms with E-state index >= 15 is 0 Å². The van der Waals surface area contributed by atoms with Crippen molar-refractivity contribution in [3.05, 3.63) is 53.5 Å². The summed E-state index contributed by atoms with van der Waals surface area (Å²) in [5.74, 6) is -0.616. The van der Waals surface area contributed by atoms with Gasteiger partial charge in [0.2, 0.25) is 5.76 Å². The lowest BCUT2D eigenvalue weighted by Gasteiger charge is -2.06. The highest BCUT2D eigenvalue weighted by molar-refractivity contribution is 5.95. The van der Waals surface area contributed by atoms with Crippen LogP contribution < -0.4 is 4.74 Å².